The second-order valence-electron chi connectivity index (χ2n) is 2.61. The molecular formula is C7H10N2O2S. The zero-order valence-electron chi connectivity index (χ0n) is 6.82. The van der Waals surface area contributed by atoms with Gasteiger partial charge in [0.05, 0.1) is 30.2 Å². The van der Waals surface area contributed by atoms with Crippen molar-refractivity contribution < 1.29 is 8.42 Å². The molecule has 0 saturated heterocycles. The zero-order chi connectivity index (χ0) is 9.61. The molecule has 1 atom stereocenters. The summed E-state index contributed by atoms with van der Waals surface area (Å²) in [5.41, 5.74) is 0. The van der Waals surface area contributed by atoms with Gasteiger partial charge >= 0.3 is 0 Å². The summed E-state index contributed by atoms with van der Waals surface area (Å²) in [5.74, 6) is -0.475. The first-order chi connectivity index (χ1) is 5.49. The summed E-state index contributed by atoms with van der Waals surface area (Å²) in [6.07, 6.45) is 1.47. The standard InChI is InChI=1S/C7H10N2O2S/c1-12(10,11)5-3-7(6-9)2-4-8/h7H,2-3,5H2,1H3. The van der Waals surface area contributed by atoms with Crippen molar-refractivity contribution in [2.45, 2.75) is 12.8 Å². The first-order valence-corrected chi connectivity index (χ1v) is 5.50. The fraction of sp³-hybridized carbons (Fsp3) is 0.714. The predicted octanol–water partition coefficient (Wildman–Crippen LogP) is 0.475. The van der Waals surface area contributed by atoms with Gasteiger partial charge in [-0.3, -0.25) is 0 Å². The van der Waals surface area contributed by atoms with Crippen LogP contribution in [0.4, 0.5) is 0 Å². The van der Waals surface area contributed by atoms with Gasteiger partial charge in [0.2, 0.25) is 0 Å². The first-order valence-electron chi connectivity index (χ1n) is 3.44. The molecule has 5 heteroatoms. The minimum absolute atomic E-state index is 0.0209. The van der Waals surface area contributed by atoms with Crippen molar-refractivity contribution in [2.24, 2.45) is 5.92 Å². The van der Waals surface area contributed by atoms with E-state index in [0.29, 0.717) is 0 Å². The molecule has 0 spiro atoms. The van der Waals surface area contributed by atoms with E-state index < -0.39 is 15.8 Å². The summed E-state index contributed by atoms with van der Waals surface area (Å²) in [5, 5.41) is 16.7. The second kappa shape index (κ2) is 4.74. The monoisotopic (exact) mass is 186 g/mol. The minimum atomic E-state index is -3.01. The van der Waals surface area contributed by atoms with E-state index in [2.05, 4.69) is 0 Å². The van der Waals surface area contributed by atoms with Crippen molar-refractivity contribution in [2.75, 3.05) is 12.0 Å². The lowest BCUT2D eigenvalue weighted by molar-refractivity contribution is 0.587. The molecule has 0 radical (unpaired) electrons. The van der Waals surface area contributed by atoms with Crippen LogP contribution in [-0.4, -0.2) is 20.4 Å². The molecule has 0 fully saturated rings. The van der Waals surface area contributed by atoms with Crippen molar-refractivity contribution in [3.63, 3.8) is 0 Å². The molecule has 0 aliphatic carbocycles. The average molecular weight is 186 g/mol. The molecule has 0 aliphatic heterocycles. The van der Waals surface area contributed by atoms with E-state index in [-0.39, 0.29) is 18.6 Å². The molecular weight excluding hydrogens is 176 g/mol. The molecule has 0 saturated carbocycles. The highest BCUT2D eigenvalue weighted by Crippen LogP contribution is 2.07. The molecule has 0 aromatic heterocycles. The normalized spacial score (nSPS) is 12.9. The number of hydrogen-bond donors (Lipinski definition) is 0. The fourth-order valence-electron chi connectivity index (χ4n) is 0.679. The largest absolute Gasteiger partial charge is 0.229 e. The van der Waals surface area contributed by atoms with Gasteiger partial charge in [0.1, 0.15) is 9.84 Å². The van der Waals surface area contributed by atoms with Gasteiger partial charge in [0.25, 0.3) is 0 Å². The van der Waals surface area contributed by atoms with Crippen LogP contribution in [0, 0.1) is 28.6 Å². The van der Waals surface area contributed by atoms with Gasteiger partial charge in [0, 0.05) is 6.26 Å². The van der Waals surface area contributed by atoms with E-state index in [1.807, 2.05) is 12.1 Å². The summed E-state index contributed by atoms with van der Waals surface area (Å²) in [6.45, 7) is 0. The number of sulfone groups is 1. The summed E-state index contributed by atoms with van der Waals surface area (Å²) in [7, 11) is -3.01. The molecule has 0 aromatic rings. The summed E-state index contributed by atoms with van der Waals surface area (Å²) in [6, 6.07) is 3.73. The Morgan fingerprint density at radius 1 is 1.42 bits per heavy atom. The minimum Gasteiger partial charge on any atom is -0.229 e. The van der Waals surface area contributed by atoms with Crippen LogP contribution in [0.1, 0.15) is 12.8 Å². The quantitative estimate of drug-likeness (QED) is 0.639. The molecule has 0 aromatic carbocycles. The van der Waals surface area contributed by atoms with Crippen LogP contribution in [0.2, 0.25) is 0 Å². The van der Waals surface area contributed by atoms with Crippen molar-refractivity contribution >= 4 is 9.84 Å². The third-order valence-corrected chi connectivity index (χ3v) is 2.33. The molecule has 0 rings (SSSR count). The van der Waals surface area contributed by atoms with E-state index in [0.717, 1.165) is 6.26 Å². The van der Waals surface area contributed by atoms with E-state index in [4.69, 9.17) is 10.5 Å². The molecule has 4 nitrogen and oxygen atoms in total. The Bertz CT molecular complexity index is 307. The third kappa shape index (κ3) is 5.70. The van der Waals surface area contributed by atoms with Crippen LogP contribution in [0.5, 0.6) is 0 Å². The highest BCUT2D eigenvalue weighted by atomic mass is 32.2. The Balaban J connectivity index is 3.94. The van der Waals surface area contributed by atoms with Crippen LogP contribution >= 0.6 is 0 Å². The molecule has 0 bridgehead atoms. The highest BCUT2D eigenvalue weighted by molar-refractivity contribution is 7.90. The Kier molecular flexibility index (Phi) is 4.31. The van der Waals surface area contributed by atoms with Crippen molar-refractivity contribution in [3.8, 4) is 12.1 Å². The number of nitriles is 2. The lowest BCUT2D eigenvalue weighted by Gasteiger charge is -2.01. The Hall–Kier alpha value is -1.07. The molecule has 0 N–H and O–H groups in total. The van der Waals surface area contributed by atoms with Crippen LogP contribution in [0.25, 0.3) is 0 Å². The van der Waals surface area contributed by atoms with Crippen LogP contribution in [0.3, 0.4) is 0 Å². The van der Waals surface area contributed by atoms with Gasteiger partial charge in [0.15, 0.2) is 0 Å². The van der Waals surface area contributed by atoms with Crippen LogP contribution < -0.4 is 0 Å². The Morgan fingerprint density at radius 2 is 2.00 bits per heavy atom. The van der Waals surface area contributed by atoms with Crippen LogP contribution in [0.15, 0.2) is 0 Å². The lowest BCUT2D eigenvalue weighted by atomic mass is 10.1. The SMILES string of the molecule is CS(=O)(=O)CCC(C#N)CC#N. The smallest absolute Gasteiger partial charge is 0.147 e. The zero-order valence-corrected chi connectivity index (χ0v) is 7.63. The maximum Gasteiger partial charge on any atom is 0.147 e. The first kappa shape index (κ1) is 10.9. The van der Waals surface area contributed by atoms with Crippen molar-refractivity contribution in [1.82, 2.24) is 0 Å². The third-order valence-electron chi connectivity index (χ3n) is 1.36. The predicted molar refractivity (Wildman–Crippen MR) is 43.7 cm³/mol. The van der Waals surface area contributed by atoms with Gasteiger partial charge in [-0.1, -0.05) is 0 Å². The Labute approximate surface area is 72.3 Å². The van der Waals surface area contributed by atoms with Crippen molar-refractivity contribution in [3.05, 3.63) is 0 Å². The molecule has 0 aliphatic rings. The summed E-state index contributed by atoms with van der Waals surface area (Å²) in [4.78, 5) is 0. The summed E-state index contributed by atoms with van der Waals surface area (Å²) >= 11 is 0. The topological polar surface area (TPSA) is 81.7 Å². The van der Waals surface area contributed by atoms with E-state index in [9.17, 15) is 8.42 Å². The van der Waals surface area contributed by atoms with Crippen LogP contribution in [-0.2, 0) is 9.84 Å². The highest BCUT2D eigenvalue weighted by Gasteiger charge is 2.10. The van der Waals surface area contributed by atoms with Gasteiger partial charge in [-0.05, 0) is 6.42 Å². The van der Waals surface area contributed by atoms with E-state index >= 15 is 0 Å². The molecule has 66 valence electrons. The van der Waals surface area contributed by atoms with Gasteiger partial charge < -0.3 is 0 Å². The number of rotatable bonds is 4. The molecule has 0 heterocycles. The second-order valence-corrected chi connectivity index (χ2v) is 4.87. The Morgan fingerprint density at radius 3 is 2.33 bits per heavy atom. The van der Waals surface area contributed by atoms with Gasteiger partial charge in [-0.25, -0.2) is 8.42 Å². The molecule has 12 heavy (non-hydrogen) atoms. The fourth-order valence-corrected chi connectivity index (χ4v) is 1.39. The average Bonchev–Trinajstić information content (AvgIpc) is 1.96. The number of hydrogen-bond acceptors (Lipinski definition) is 4. The van der Waals surface area contributed by atoms with Crippen molar-refractivity contribution in [1.29, 1.82) is 10.5 Å². The maximum absolute atomic E-state index is 10.7. The number of nitrogens with zero attached hydrogens (tertiary/aromatic N) is 2. The lowest BCUT2D eigenvalue weighted by Crippen LogP contribution is -2.08. The molecule has 0 amide bonds. The van der Waals surface area contributed by atoms with Gasteiger partial charge in [-0.2, -0.15) is 10.5 Å². The van der Waals surface area contributed by atoms with Gasteiger partial charge in [-0.15, -0.1) is 0 Å². The van der Waals surface area contributed by atoms with E-state index in [1.54, 1.807) is 0 Å². The summed E-state index contributed by atoms with van der Waals surface area (Å²) < 4.78 is 21.3. The van der Waals surface area contributed by atoms with E-state index in [1.165, 1.54) is 0 Å². The molecule has 1 unspecified atom stereocenters. The maximum atomic E-state index is 10.7.